The van der Waals surface area contributed by atoms with Crippen LogP contribution in [0, 0.1) is 0 Å². The lowest BCUT2D eigenvalue weighted by Gasteiger charge is -1.82. The van der Waals surface area contributed by atoms with Gasteiger partial charge >= 0.3 is 5.97 Å². The van der Waals surface area contributed by atoms with Gasteiger partial charge in [-0.15, -0.1) is 11.3 Å². The van der Waals surface area contributed by atoms with Gasteiger partial charge in [-0.05, 0) is 5.41 Å². The van der Waals surface area contributed by atoms with Crippen molar-refractivity contribution in [2.75, 3.05) is 0 Å². The zero-order chi connectivity index (χ0) is 8.10. The summed E-state index contributed by atoms with van der Waals surface area (Å²) in [6, 6.07) is 0. The van der Waals surface area contributed by atoms with Crippen molar-refractivity contribution < 1.29 is 9.90 Å². The van der Waals surface area contributed by atoms with Crippen LogP contribution in [0.15, 0.2) is 27.4 Å². The molecule has 1 N–H and O–H groups in total. The van der Waals surface area contributed by atoms with Crippen molar-refractivity contribution in [3.63, 3.8) is 0 Å². The van der Waals surface area contributed by atoms with Crippen molar-refractivity contribution in [3.8, 4) is 0 Å². The fraction of sp³-hybridized carbons (Fsp3) is 0. The lowest BCUT2D eigenvalue weighted by molar-refractivity contribution is -0.131. The van der Waals surface area contributed by atoms with Crippen molar-refractivity contribution >= 4 is 29.1 Å². The van der Waals surface area contributed by atoms with Crippen LogP contribution >= 0.6 is 23.1 Å². The first-order chi connectivity index (χ1) is 5.29. The Bertz CT molecular complexity index is 256. The van der Waals surface area contributed by atoms with Gasteiger partial charge in [0.05, 0.1) is 0 Å². The van der Waals surface area contributed by atoms with Crippen molar-refractivity contribution in [2.24, 2.45) is 0 Å². The predicted octanol–water partition coefficient (Wildman–Crippen LogP) is 1.83. The van der Waals surface area contributed by atoms with Crippen LogP contribution in [-0.4, -0.2) is 16.1 Å². The number of nitrogens with zero attached hydrogens (tertiary/aromatic N) is 1. The molecule has 0 radical (unpaired) electrons. The number of hydrogen-bond donors (Lipinski definition) is 1. The highest BCUT2D eigenvalue weighted by atomic mass is 32.2. The highest BCUT2D eigenvalue weighted by Gasteiger charge is 1.91. The molecule has 0 aromatic carbocycles. The number of rotatable bonds is 3. The molecule has 0 atom stereocenters. The SMILES string of the molecule is O=C(O)/C=C/Sc1nccs1. The third-order valence-electron chi connectivity index (χ3n) is 0.789. The molecule has 11 heavy (non-hydrogen) atoms. The zero-order valence-corrected chi connectivity index (χ0v) is 7.06. The Hall–Kier alpha value is -0.810. The Kier molecular flexibility index (Phi) is 3.13. The topological polar surface area (TPSA) is 50.2 Å². The van der Waals surface area contributed by atoms with E-state index >= 15 is 0 Å². The summed E-state index contributed by atoms with van der Waals surface area (Å²) in [4.78, 5) is 14.0. The summed E-state index contributed by atoms with van der Waals surface area (Å²) in [6.45, 7) is 0. The summed E-state index contributed by atoms with van der Waals surface area (Å²) in [5.74, 6) is -0.936. The van der Waals surface area contributed by atoms with Gasteiger partial charge in [-0.2, -0.15) is 0 Å². The van der Waals surface area contributed by atoms with Gasteiger partial charge in [-0.25, -0.2) is 9.78 Å². The fourth-order valence-electron chi connectivity index (χ4n) is 0.419. The maximum Gasteiger partial charge on any atom is 0.328 e. The molecule has 0 saturated heterocycles. The fourth-order valence-corrected chi connectivity index (χ4v) is 1.76. The number of carbonyl (C=O) groups is 1. The molecule has 0 aliphatic rings. The standard InChI is InChI=1S/C6H5NO2S2/c8-5(9)1-3-10-6-7-2-4-11-6/h1-4H,(H,8,9)/b3-1+. The molecule has 0 fully saturated rings. The van der Waals surface area contributed by atoms with Gasteiger partial charge in [0, 0.05) is 17.7 Å². The minimum Gasteiger partial charge on any atom is -0.478 e. The van der Waals surface area contributed by atoms with E-state index in [0.29, 0.717) is 0 Å². The number of carboxylic acids is 1. The summed E-state index contributed by atoms with van der Waals surface area (Å²) in [5.41, 5.74) is 0. The normalized spacial score (nSPS) is 10.5. The molecule has 0 bridgehead atoms. The van der Waals surface area contributed by atoms with Crippen molar-refractivity contribution in [1.29, 1.82) is 0 Å². The molecule has 1 aromatic rings. The van der Waals surface area contributed by atoms with E-state index in [1.807, 2.05) is 5.38 Å². The van der Waals surface area contributed by atoms with E-state index in [4.69, 9.17) is 5.11 Å². The monoisotopic (exact) mass is 187 g/mol. The molecule has 58 valence electrons. The molecule has 0 aliphatic carbocycles. The van der Waals surface area contributed by atoms with E-state index in [0.717, 1.165) is 10.4 Å². The van der Waals surface area contributed by atoms with Crippen LogP contribution < -0.4 is 0 Å². The van der Waals surface area contributed by atoms with Crippen LogP contribution in [-0.2, 0) is 4.79 Å². The van der Waals surface area contributed by atoms with Gasteiger partial charge in [0.25, 0.3) is 0 Å². The Morgan fingerprint density at radius 3 is 3.18 bits per heavy atom. The van der Waals surface area contributed by atoms with Crippen LogP contribution in [0.3, 0.4) is 0 Å². The Morgan fingerprint density at radius 1 is 1.82 bits per heavy atom. The minimum atomic E-state index is -0.936. The quantitative estimate of drug-likeness (QED) is 0.579. The average molecular weight is 187 g/mol. The molecular formula is C6H5NO2S2. The summed E-state index contributed by atoms with van der Waals surface area (Å²) < 4.78 is 0.850. The molecule has 1 heterocycles. The Labute approximate surface area is 71.8 Å². The van der Waals surface area contributed by atoms with Crippen LogP contribution in [0.4, 0.5) is 0 Å². The van der Waals surface area contributed by atoms with E-state index in [-0.39, 0.29) is 0 Å². The van der Waals surface area contributed by atoms with E-state index < -0.39 is 5.97 Å². The van der Waals surface area contributed by atoms with Crippen LogP contribution in [0.25, 0.3) is 0 Å². The molecule has 1 rings (SSSR count). The Balaban J connectivity index is 2.40. The van der Waals surface area contributed by atoms with Crippen LogP contribution in [0.2, 0.25) is 0 Å². The van der Waals surface area contributed by atoms with Crippen molar-refractivity contribution in [2.45, 2.75) is 4.34 Å². The van der Waals surface area contributed by atoms with Gasteiger partial charge < -0.3 is 5.11 Å². The van der Waals surface area contributed by atoms with Crippen LogP contribution in [0.1, 0.15) is 0 Å². The third-order valence-corrected chi connectivity index (χ3v) is 2.51. The summed E-state index contributed by atoms with van der Waals surface area (Å²) in [7, 11) is 0. The summed E-state index contributed by atoms with van der Waals surface area (Å²) in [5, 5.41) is 11.6. The smallest absolute Gasteiger partial charge is 0.328 e. The molecule has 0 unspecified atom stereocenters. The maximum absolute atomic E-state index is 10.0. The molecule has 5 heteroatoms. The number of carboxylic acid groups (broad SMARTS) is 1. The molecule has 3 nitrogen and oxygen atoms in total. The highest BCUT2D eigenvalue weighted by Crippen LogP contribution is 2.20. The number of aromatic nitrogens is 1. The molecular weight excluding hydrogens is 182 g/mol. The third kappa shape index (κ3) is 3.20. The van der Waals surface area contributed by atoms with Gasteiger partial charge in [-0.3, -0.25) is 0 Å². The number of hydrogen-bond acceptors (Lipinski definition) is 4. The second-order valence-electron chi connectivity index (χ2n) is 1.56. The largest absolute Gasteiger partial charge is 0.478 e. The average Bonchev–Trinajstić information content (AvgIpc) is 2.39. The van der Waals surface area contributed by atoms with E-state index in [1.54, 1.807) is 6.20 Å². The maximum atomic E-state index is 10.0. The first-order valence-corrected chi connectivity index (χ1v) is 4.50. The van der Waals surface area contributed by atoms with Crippen LogP contribution in [0.5, 0.6) is 0 Å². The number of aliphatic carboxylic acids is 1. The zero-order valence-electron chi connectivity index (χ0n) is 5.43. The minimum absolute atomic E-state index is 0.850. The van der Waals surface area contributed by atoms with Crippen molar-refractivity contribution in [3.05, 3.63) is 23.1 Å². The molecule has 1 aromatic heterocycles. The highest BCUT2D eigenvalue weighted by molar-refractivity contribution is 8.03. The van der Waals surface area contributed by atoms with Gasteiger partial charge in [-0.1, -0.05) is 11.8 Å². The van der Waals surface area contributed by atoms with E-state index in [2.05, 4.69) is 4.98 Å². The lowest BCUT2D eigenvalue weighted by atomic mass is 10.7. The van der Waals surface area contributed by atoms with Gasteiger partial charge in [0.1, 0.15) is 0 Å². The number of thiazole rings is 1. The molecule has 0 spiro atoms. The molecule has 0 amide bonds. The summed E-state index contributed by atoms with van der Waals surface area (Å²) >= 11 is 2.78. The second-order valence-corrected chi connectivity index (χ2v) is 3.60. The first-order valence-electron chi connectivity index (χ1n) is 2.74. The molecule has 0 aliphatic heterocycles. The first kappa shape index (κ1) is 8.29. The summed E-state index contributed by atoms with van der Waals surface area (Å²) in [6.07, 6.45) is 2.77. The Morgan fingerprint density at radius 2 is 2.64 bits per heavy atom. The van der Waals surface area contributed by atoms with Gasteiger partial charge in [0.15, 0.2) is 4.34 Å². The predicted molar refractivity (Wildman–Crippen MR) is 44.7 cm³/mol. The molecule has 0 saturated carbocycles. The number of thioether (sulfide) groups is 1. The van der Waals surface area contributed by atoms with E-state index in [9.17, 15) is 4.79 Å². The van der Waals surface area contributed by atoms with Crippen molar-refractivity contribution in [1.82, 2.24) is 4.98 Å². The lowest BCUT2D eigenvalue weighted by Crippen LogP contribution is -1.83. The second kappa shape index (κ2) is 4.15. The van der Waals surface area contributed by atoms with E-state index in [1.165, 1.54) is 28.5 Å². The van der Waals surface area contributed by atoms with Gasteiger partial charge in [0.2, 0.25) is 0 Å².